The van der Waals surface area contributed by atoms with Crippen molar-refractivity contribution in [3.05, 3.63) is 29.8 Å². The molecule has 1 aromatic carbocycles. The third-order valence-electron chi connectivity index (χ3n) is 5.02. The fourth-order valence-corrected chi connectivity index (χ4v) is 3.65. The van der Waals surface area contributed by atoms with Gasteiger partial charge in [0, 0.05) is 31.2 Å². The number of rotatable bonds is 8. The van der Waals surface area contributed by atoms with Crippen LogP contribution in [0, 0.1) is 0 Å². The van der Waals surface area contributed by atoms with Crippen molar-refractivity contribution < 1.29 is 9.53 Å². The molecule has 3 rings (SSSR count). The molecule has 28 heavy (non-hydrogen) atoms. The Labute approximate surface area is 184 Å². The van der Waals surface area contributed by atoms with Crippen molar-refractivity contribution >= 4 is 35.8 Å². The van der Waals surface area contributed by atoms with Crippen LogP contribution in [-0.4, -0.2) is 54.6 Å². The van der Waals surface area contributed by atoms with Gasteiger partial charge in [0.15, 0.2) is 12.6 Å². The van der Waals surface area contributed by atoms with Crippen molar-refractivity contribution in [2.75, 3.05) is 19.7 Å². The summed E-state index contributed by atoms with van der Waals surface area (Å²) in [6, 6.07) is 9.47. The van der Waals surface area contributed by atoms with Gasteiger partial charge in [-0.2, -0.15) is 0 Å². The Morgan fingerprint density at radius 1 is 1.39 bits per heavy atom. The summed E-state index contributed by atoms with van der Waals surface area (Å²) in [4.78, 5) is 18.2. The van der Waals surface area contributed by atoms with Crippen LogP contribution in [0.2, 0.25) is 0 Å². The van der Waals surface area contributed by atoms with Crippen LogP contribution in [0.5, 0.6) is 5.75 Å². The number of primary amides is 1. The molecule has 0 bridgehead atoms. The molecule has 0 aromatic heterocycles. The standard InChI is InChI=1S/C20H31N5O2.HI/c1-3-22-20(24-16-9-14(2)25(12-16)17-7-8-17)23-11-15-5-4-6-18(10-15)27-13-19(21)26;/h4-6,10,14,16-17H,3,7-9,11-13H2,1-2H3,(H2,21,26)(H2,22,23,24);1H. The number of nitrogens with zero attached hydrogens (tertiary/aromatic N) is 2. The van der Waals surface area contributed by atoms with Gasteiger partial charge in [-0.15, -0.1) is 24.0 Å². The van der Waals surface area contributed by atoms with Gasteiger partial charge in [0.1, 0.15) is 5.75 Å². The molecule has 1 aromatic rings. The first-order chi connectivity index (χ1) is 13.0. The van der Waals surface area contributed by atoms with Gasteiger partial charge in [-0.1, -0.05) is 12.1 Å². The zero-order valence-electron chi connectivity index (χ0n) is 16.7. The Morgan fingerprint density at radius 3 is 2.86 bits per heavy atom. The van der Waals surface area contributed by atoms with Gasteiger partial charge in [0.25, 0.3) is 5.91 Å². The fraction of sp³-hybridized carbons (Fsp3) is 0.600. The second-order valence-electron chi connectivity index (χ2n) is 7.45. The van der Waals surface area contributed by atoms with E-state index >= 15 is 0 Å². The topological polar surface area (TPSA) is 92.0 Å². The largest absolute Gasteiger partial charge is 0.484 e. The first-order valence-electron chi connectivity index (χ1n) is 9.85. The Morgan fingerprint density at radius 2 is 2.18 bits per heavy atom. The maximum absolute atomic E-state index is 10.9. The van der Waals surface area contributed by atoms with Gasteiger partial charge in [0.05, 0.1) is 6.54 Å². The van der Waals surface area contributed by atoms with Gasteiger partial charge < -0.3 is 21.1 Å². The van der Waals surface area contributed by atoms with Gasteiger partial charge in [-0.3, -0.25) is 9.69 Å². The molecule has 1 aliphatic carbocycles. The number of nitrogens with one attached hydrogen (secondary N) is 2. The van der Waals surface area contributed by atoms with Crippen LogP contribution in [0.1, 0.15) is 38.7 Å². The molecule has 1 aliphatic heterocycles. The number of hydrogen-bond acceptors (Lipinski definition) is 4. The number of benzene rings is 1. The number of ether oxygens (including phenoxy) is 1. The molecule has 156 valence electrons. The smallest absolute Gasteiger partial charge is 0.255 e. The summed E-state index contributed by atoms with van der Waals surface area (Å²) < 4.78 is 5.36. The van der Waals surface area contributed by atoms with E-state index in [9.17, 15) is 4.79 Å². The highest BCUT2D eigenvalue weighted by Gasteiger charge is 2.38. The van der Waals surface area contributed by atoms with Crippen molar-refractivity contribution in [2.24, 2.45) is 10.7 Å². The van der Waals surface area contributed by atoms with Crippen LogP contribution in [0.15, 0.2) is 29.3 Å². The van der Waals surface area contributed by atoms with E-state index in [0.29, 0.717) is 24.4 Å². The van der Waals surface area contributed by atoms with E-state index in [1.807, 2.05) is 24.3 Å². The van der Waals surface area contributed by atoms with E-state index in [1.54, 1.807) is 0 Å². The summed E-state index contributed by atoms with van der Waals surface area (Å²) in [6.07, 6.45) is 3.84. The molecule has 1 saturated carbocycles. The predicted octanol–water partition coefficient (Wildman–Crippen LogP) is 1.85. The molecule has 0 spiro atoms. The number of nitrogens with two attached hydrogens (primary N) is 1. The lowest BCUT2D eigenvalue weighted by molar-refractivity contribution is -0.119. The zero-order valence-corrected chi connectivity index (χ0v) is 19.0. The second-order valence-corrected chi connectivity index (χ2v) is 7.45. The Kier molecular flexibility index (Phi) is 8.81. The molecular formula is C20H32IN5O2. The lowest BCUT2D eigenvalue weighted by Gasteiger charge is -2.20. The third kappa shape index (κ3) is 6.80. The van der Waals surface area contributed by atoms with E-state index < -0.39 is 5.91 Å². The minimum atomic E-state index is -0.483. The van der Waals surface area contributed by atoms with Crippen molar-refractivity contribution in [1.29, 1.82) is 0 Å². The molecule has 1 heterocycles. The third-order valence-corrected chi connectivity index (χ3v) is 5.02. The molecule has 7 nitrogen and oxygen atoms in total. The van der Waals surface area contributed by atoms with Gasteiger partial charge >= 0.3 is 0 Å². The zero-order chi connectivity index (χ0) is 19.2. The number of hydrogen-bond donors (Lipinski definition) is 3. The average molecular weight is 501 g/mol. The number of guanidine groups is 1. The van der Waals surface area contributed by atoms with Crippen molar-refractivity contribution in [3.63, 3.8) is 0 Å². The number of aliphatic imine (C=N–C) groups is 1. The summed E-state index contributed by atoms with van der Waals surface area (Å²) >= 11 is 0. The second kappa shape index (κ2) is 10.8. The molecule has 2 unspecified atom stereocenters. The number of amides is 1. The minimum absolute atomic E-state index is 0. The van der Waals surface area contributed by atoms with E-state index in [-0.39, 0.29) is 30.6 Å². The SMILES string of the molecule is CCNC(=NCc1cccc(OCC(N)=O)c1)NC1CC(C)N(C2CC2)C1.I. The highest BCUT2D eigenvalue weighted by atomic mass is 127. The normalized spacial score (nSPS) is 22.4. The van der Waals surface area contributed by atoms with Crippen LogP contribution in [0.3, 0.4) is 0 Å². The Hall–Kier alpha value is -1.55. The van der Waals surface area contributed by atoms with Gasteiger partial charge in [0.2, 0.25) is 0 Å². The molecule has 2 atom stereocenters. The molecule has 8 heteroatoms. The van der Waals surface area contributed by atoms with E-state index in [4.69, 9.17) is 15.5 Å². The lowest BCUT2D eigenvalue weighted by atomic mass is 10.2. The molecule has 2 aliphatic rings. The summed E-state index contributed by atoms with van der Waals surface area (Å²) in [5.74, 6) is 0.989. The van der Waals surface area contributed by atoms with E-state index in [0.717, 1.165) is 37.1 Å². The van der Waals surface area contributed by atoms with E-state index in [1.165, 1.54) is 12.8 Å². The summed E-state index contributed by atoms with van der Waals surface area (Å²) in [5, 5.41) is 6.93. The number of carbonyl (C=O) groups is 1. The molecule has 0 radical (unpaired) electrons. The van der Waals surface area contributed by atoms with Gasteiger partial charge in [-0.25, -0.2) is 4.99 Å². The van der Waals surface area contributed by atoms with Crippen LogP contribution in [0.4, 0.5) is 0 Å². The molecule has 1 amide bonds. The first kappa shape index (κ1) is 22.7. The summed E-state index contributed by atoms with van der Waals surface area (Å²) in [6.45, 7) is 6.73. The number of halogens is 1. The predicted molar refractivity (Wildman–Crippen MR) is 122 cm³/mol. The van der Waals surface area contributed by atoms with E-state index in [2.05, 4.69) is 29.4 Å². The van der Waals surface area contributed by atoms with Crippen LogP contribution >= 0.6 is 24.0 Å². The Bertz CT molecular complexity index is 680. The number of likely N-dealkylation sites (tertiary alicyclic amines) is 1. The first-order valence-corrected chi connectivity index (χ1v) is 9.85. The van der Waals surface area contributed by atoms with Crippen molar-refractivity contribution in [3.8, 4) is 5.75 Å². The Balaban J connectivity index is 0.00000280. The molecule has 2 fully saturated rings. The van der Waals surface area contributed by atoms with Crippen LogP contribution in [0.25, 0.3) is 0 Å². The summed E-state index contributed by atoms with van der Waals surface area (Å²) in [7, 11) is 0. The monoisotopic (exact) mass is 501 g/mol. The highest BCUT2D eigenvalue weighted by molar-refractivity contribution is 14.0. The van der Waals surface area contributed by atoms with Crippen LogP contribution < -0.4 is 21.1 Å². The number of carbonyl (C=O) groups excluding carboxylic acids is 1. The lowest BCUT2D eigenvalue weighted by Crippen LogP contribution is -2.44. The van der Waals surface area contributed by atoms with Crippen molar-refractivity contribution in [2.45, 2.75) is 57.8 Å². The minimum Gasteiger partial charge on any atom is -0.484 e. The van der Waals surface area contributed by atoms with Crippen LogP contribution in [-0.2, 0) is 11.3 Å². The average Bonchev–Trinajstić information content (AvgIpc) is 3.42. The maximum Gasteiger partial charge on any atom is 0.255 e. The molecular weight excluding hydrogens is 469 g/mol. The fourth-order valence-electron chi connectivity index (χ4n) is 3.65. The van der Waals surface area contributed by atoms with Crippen molar-refractivity contribution in [1.82, 2.24) is 15.5 Å². The summed E-state index contributed by atoms with van der Waals surface area (Å²) in [5.41, 5.74) is 6.15. The molecule has 1 saturated heterocycles. The highest BCUT2D eigenvalue weighted by Crippen LogP contribution is 2.33. The molecule has 4 N–H and O–H groups in total. The van der Waals surface area contributed by atoms with Gasteiger partial charge in [-0.05, 0) is 50.8 Å². The quantitative estimate of drug-likeness (QED) is 0.287. The maximum atomic E-state index is 10.9.